The third-order valence-corrected chi connectivity index (χ3v) is 4.27. The molecule has 0 saturated heterocycles. The van der Waals surface area contributed by atoms with Crippen molar-refractivity contribution in [2.45, 2.75) is 27.2 Å². The number of aromatic nitrogens is 2. The van der Waals surface area contributed by atoms with Crippen LogP contribution < -0.4 is 10.6 Å². The second-order valence-corrected chi connectivity index (χ2v) is 6.25. The summed E-state index contributed by atoms with van der Waals surface area (Å²) in [6.07, 6.45) is 0.962. The number of hydrogen-bond donors (Lipinski definition) is 2. The molecule has 0 spiro atoms. The quantitative estimate of drug-likeness (QED) is 0.681. The Morgan fingerprint density at radius 3 is 2.48 bits per heavy atom. The Morgan fingerprint density at radius 1 is 0.880 bits per heavy atom. The molecule has 128 valence electrons. The van der Waals surface area contributed by atoms with Gasteiger partial charge in [0.25, 0.3) is 0 Å². The van der Waals surface area contributed by atoms with Gasteiger partial charge in [-0.05, 0) is 49.9 Å². The molecule has 3 aromatic rings. The first-order valence-corrected chi connectivity index (χ1v) is 8.58. The van der Waals surface area contributed by atoms with Crippen LogP contribution in [0.5, 0.6) is 0 Å². The molecule has 1 heterocycles. The van der Waals surface area contributed by atoms with Crippen LogP contribution in [0, 0.1) is 20.8 Å². The van der Waals surface area contributed by atoms with E-state index in [0.717, 1.165) is 30.2 Å². The molecule has 0 aliphatic heterocycles. The Morgan fingerprint density at radius 2 is 1.68 bits per heavy atom. The molecule has 3 rings (SSSR count). The molecule has 0 unspecified atom stereocenters. The molecule has 1 aromatic heterocycles. The highest BCUT2D eigenvalue weighted by Crippen LogP contribution is 2.22. The first-order valence-electron chi connectivity index (χ1n) is 8.58. The maximum absolute atomic E-state index is 4.60. The van der Waals surface area contributed by atoms with E-state index in [1.54, 1.807) is 0 Å². The zero-order chi connectivity index (χ0) is 17.6. The van der Waals surface area contributed by atoms with Gasteiger partial charge in [-0.3, -0.25) is 0 Å². The van der Waals surface area contributed by atoms with Crippen molar-refractivity contribution in [1.29, 1.82) is 0 Å². The SMILES string of the molecule is Cc1cc(NCCc2ccccc2)nc(Nc2cccc(C)c2C)n1. The standard InChI is InChI=1S/C21H24N4/c1-15-8-7-11-19(17(15)3)24-21-23-16(2)14-20(25-21)22-13-12-18-9-5-4-6-10-18/h4-11,14H,12-13H2,1-3H3,(H2,22,23,24,25). The lowest BCUT2D eigenvalue weighted by Crippen LogP contribution is -2.09. The summed E-state index contributed by atoms with van der Waals surface area (Å²) in [4.78, 5) is 9.10. The zero-order valence-electron chi connectivity index (χ0n) is 15.0. The van der Waals surface area contributed by atoms with Crippen molar-refractivity contribution in [1.82, 2.24) is 9.97 Å². The lowest BCUT2D eigenvalue weighted by atomic mass is 10.1. The van der Waals surface area contributed by atoms with E-state index in [0.29, 0.717) is 5.95 Å². The number of nitrogens with one attached hydrogen (secondary N) is 2. The number of anilines is 3. The summed E-state index contributed by atoms with van der Waals surface area (Å²) < 4.78 is 0. The monoisotopic (exact) mass is 332 g/mol. The van der Waals surface area contributed by atoms with E-state index in [-0.39, 0.29) is 0 Å². The number of rotatable bonds is 6. The summed E-state index contributed by atoms with van der Waals surface area (Å²) in [7, 11) is 0. The Bertz CT molecular complexity index is 844. The highest BCUT2D eigenvalue weighted by Gasteiger charge is 2.06. The average Bonchev–Trinajstić information content (AvgIpc) is 2.59. The van der Waals surface area contributed by atoms with E-state index in [1.165, 1.54) is 16.7 Å². The van der Waals surface area contributed by atoms with Crippen LogP contribution in [0.2, 0.25) is 0 Å². The molecule has 0 bridgehead atoms. The van der Waals surface area contributed by atoms with Gasteiger partial charge in [0.15, 0.2) is 0 Å². The number of hydrogen-bond acceptors (Lipinski definition) is 4. The first-order chi connectivity index (χ1) is 12.1. The van der Waals surface area contributed by atoms with Gasteiger partial charge in [0.2, 0.25) is 5.95 Å². The molecule has 0 aliphatic carbocycles. The second kappa shape index (κ2) is 7.79. The Balaban J connectivity index is 1.69. The molecule has 0 atom stereocenters. The Kier molecular flexibility index (Phi) is 5.29. The molecule has 0 amide bonds. The second-order valence-electron chi connectivity index (χ2n) is 6.25. The molecule has 4 nitrogen and oxygen atoms in total. The summed E-state index contributed by atoms with van der Waals surface area (Å²) in [5, 5.41) is 6.74. The van der Waals surface area contributed by atoms with Gasteiger partial charge in [-0.1, -0.05) is 42.5 Å². The largest absolute Gasteiger partial charge is 0.370 e. The minimum atomic E-state index is 0.621. The van der Waals surface area contributed by atoms with Crippen LogP contribution >= 0.6 is 0 Å². The fourth-order valence-electron chi connectivity index (χ4n) is 2.70. The van der Waals surface area contributed by atoms with Gasteiger partial charge in [-0.25, -0.2) is 4.98 Å². The van der Waals surface area contributed by atoms with Crippen LogP contribution in [0.4, 0.5) is 17.5 Å². The number of benzene rings is 2. The molecular formula is C21H24N4. The lowest BCUT2D eigenvalue weighted by Gasteiger charge is -2.12. The Labute approximate surface area is 149 Å². The van der Waals surface area contributed by atoms with Gasteiger partial charge in [0, 0.05) is 24.0 Å². The van der Waals surface area contributed by atoms with Crippen molar-refractivity contribution in [3.8, 4) is 0 Å². The molecule has 4 heteroatoms. The van der Waals surface area contributed by atoms with Crippen LogP contribution in [-0.4, -0.2) is 16.5 Å². The van der Waals surface area contributed by atoms with E-state index in [4.69, 9.17) is 0 Å². The molecule has 25 heavy (non-hydrogen) atoms. The maximum atomic E-state index is 4.60. The first kappa shape index (κ1) is 17.0. The molecule has 0 saturated carbocycles. The fraction of sp³-hybridized carbons (Fsp3) is 0.238. The summed E-state index contributed by atoms with van der Waals surface area (Å²) in [5.41, 5.74) is 5.76. The molecule has 0 fully saturated rings. The van der Waals surface area contributed by atoms with Gasteiger partial charge < -0.3 is 10.6 Å². The smallest absolute Gasteiger partial charge is 0.229 e. The van der Waals surface area contributed by atoms with Crippen molar-refractivity contribution < 1.29 is 0 Å². The van der Waals surface area contributed by atoms with E-state index >= 15 is 0 Å². The highest BCUT2D eigenvalue weighted by atomic mass is 15.1. The van der Waals surface area contributed by atoms with Gasteiger partial charge in [-0.2, -0.15) is 4.98 Å². The number of aryl methyl sites for hydroxylation is 2. The van der Waals surface area contributed by atoms with Crippen molar-refractivity contribution in [2.75, 3.05) is 17.2 Å². The molecule has 2 N–H and O–H groups in total. The molecule has 0 aliphatic rings. The Hall–Kier alpha value is -2.88. The van der Waals surface area contributed by atoms with Gasteiger partial charge in [0.1, 0.15) is 5.82 Å². The molecule has 2 aromatic carbocycles. The molecular weight excluding hydrogens is 308 g/mol. The van der Waals surface area contributed by atoms with Gasteiger partial charge in [-0.15, -0.1) is 0 Å². The lowest BCUT2D eigenvalue weighted by molar-refractivity contribution is 0.994. The van der Waals surface area contributed by atoms with Gasteiger partial charge in [0.05, 0.1) is 0 Å². The van der Waals surface area contributed by atoms with Crippen molar-refractivity contribution >= 4 is 17.5 Å². The molecule has 0 radical (unpaired) electrons. The van der Waals surface area contributed by atoms with Crippen LogP contribution in [0.15, 0.2) is 54.6 Å². The van der Waals surface area contributed by atoms with Gasteiger partial charge >= 0.3 is 0 Å². The summed E-state index contributed by atoms with van der Waals surface area (Å²) in [5.74, 6) is 1.46. The van der Waals surface area contributed by atoms with Crippen LogP contribution in [0.1, 0.15) is 22.4 Å². The van der Waals surface area contributed by atoms with E-state index < -0.39 is 0 Å². The predicted octanol–water partition coefficient (Wildman–Crippen LogP) is 4.80. The third kappa shape index (κ3) is 4.57. The topological polar surface area (TPSA) is 49.8 Å². The van der Waals surface area contributed by atoms with E-state index in [2.05, 4.69) is 70.8 Å². The minimum Gasteiger partial charge on any atom is -0.370 e. The van der Waals surface area contributed by atoms with E-state index in [1.807, 2.05) is 25.1 Å². The third-order valence-electron chi connectivity index (χ3n) is 4.27. The van der Waals surface area contributed by atoms with Crippen LogP contribution in [0.25, 0.3) is 0 Å². The van der Waals surface area contributed by atoms with Crippen LogP contribution in [0.3, 0.4) is 0 Å². The number of nitrogens with zero attached hydrogens (tertiary/aromatic N) is 2. The van der Waals surface area contributed by atoms with Crippen LogP contribution in [-0.2, 0) is 6.42 Å². The summed E-state index contributed by atoms with van der Waals surface area (Å²) in [6.45, 7) is 7.03. The fourth-order valence-corrected chi connectivity index (χ4v) is 2.70. The van der Waals surface area contributed by atoms with Crippen molar-refractivity contribution in [2.24, 2.45) is 0 Å². The zero-order valence-corrected chi connectivity index (χ0v) is 15.0. The highest BCUT2D eigenvalue weighted by molar-refractivity contribution is 5.61. The van der Waals surface area contributed by atoms with Crippen molar-refractivity contribution in [3.05, 3.63) is 77.0 Å². The normalized spacial score (nSPS) is 10.5. The summed E-state index contributed by atoms with van der Waals surface area (Å²) in [6, 6.07) is 18.6. The van der Waals surface area contributed by atoms with E-state index in [9.17, 15) is 0 Å². The minimum absolute atomic E-state index is 0.621. The van der Waals surface area contributed by atoms with Crippen molar-refractivity contribution in [3.63, 3.8) is 0 Å². The average molecular weight is 332 g/mol. The summed E-state index contributed by atoms with van der Waals surface area (Å²) >= 11 is 0. The predicted molar refractivity (Wildman–Crippen MR) is 105 cm³/mol. The maximum Gasteiger partial charge on any atom is 0.229 e.